The van der Waals surface area contributed by atoms with Crippen molar-refractivity contribution in [3.63, 3.8) is 0 Å². The molecule has 2 aromatic rings. The van der Waals surface area contributed by atoms with Gasteiger partial charge in [-0.2, -0.15) is 11.3 Å². The van der Waals surface area contributed by atoms with E-state index in [-0.39, 0.29) is 0 Å². The number of rotatable bonds is 4. The highest BCUT2D eigenvalue weighted by Crippen LogP contribution is 2.28. The molecule has 0 amide bonds. The van der Waals surface area contributed by atoms with Gasteiger partial charge < -0.3 is 10.6 Å². The standard InChI is InChI=1S/C13H13BrN2S2/c1-16(7-9-5-6-18-8-9)11-4-2-3-10(14)12(11)13(15)17/h2-6,8H,7H2,1H3,(H2,15,17). The molecule has 2 N–H and O–H groups in total. The normalized spacial score (nSPS) is 10.3. The van der Waals surface area contributed by atoms with Crippen LogP contribution in [0.4, 0.5) is 5.69 Å². The van der Waals surface area contributed by atoms with Gasteiger partial charge in [0.2, 0.25) is 0 Å². The van der Waals surface area contributed by atoms with Crippen LogP contribution in [0.5, 0.6) is 0 Å². The maximum atomic E-state index is 5.80. The maximum absolute atomic E-state index is 5.80. The second-order valence-electron chi connectivity index (χ2n) is 3.99. The molecule has 0 atom stereocenters. The predicted octanol–water partition coefficient (Wildman–Crippen LogP) is 3.78. The second kappa shape index (κ2) is 5.82. The Bertz CT molecular complexity index is 552. The molecule has 0 aliphatic carbocycles. The first-order valence-electron chi connectivity index (χ1n) is 5.40. The average Bonchev–Trinajstić information content (AvgIpc) is 2.80. The molecule has 0 radical (unpaired) electrons. The molecule has 1 aromatic carbocycles. The number of nitrogens with two attached hydrogens (primary N) is 1. The zero-order chi connectivity index (χ0) is 13.1. The van der Waals surface area contributed by atoms with Crippen LogP contribution in [0.1, 0.15) is 11.1 Å². The van der Waals surface area contributed by atoms with E-state index in [1.54, 1.807) is 11.3 Å². The van der Waals surface area contributed by atoms with E-state index in [1.807, 2.05) is 25.2 Å². The first kappa shape index (κ1) is 13.5. The molecule has 0 spiro atoms. The largest absolute Gasteiger partial charge is 0.389 e. The minimum absolute atomic E-state index is 0.412. The Labute approximate surface area is 125 Å². The van der Waals surface area contributed by atoms with Crippen LogP contribution in [0.3, 0.4) is 0 Å². The van der Waals surface area contributed by atoms with Crippen molar-refractivity contribution in [2.75, 3.05) is 11.9 Å². The first-order chi connectivity index (χ1) is 8.59. The quantitative estimate of drug-likeness (QED) is 0.858. The maximum Gasteiger partial charge on any atom is 0.107 e. The fourth-order valence-corrected chi connectivity index (χ4v) is 3.39. The molecule has 0 aliphatic heterocycles. The van der Waals surface area contributed by atoms with E-state index in [1.165, 1.54) is 5.56 Å². The summed E-state index contributed by atoms with van der Waals surface area (Å²) in [7, 11) is 2.04. The van der Waals surface area contributed by atoms with Crippen molar-refractivity contribution in [3.8, 4) is 0 Å². The summed E-state index contributed by atoms with van der Waals surface area (Å²) < 4.78 is 0.935. The number of thiophene rings is 1. The zero-order valence-corrected chi connectivity index (χ0v) is 13.1. The van der Waals surface area contributed by atoms with E-state index in [2.05, 4.69) is 37.7 Å². The Morgan fingerprint density at radius 2 is 2.22 bits per heavy atom. The van der Waals surface area contributed by atoms with Crippen molar-refractivity contribution < 1.29 is 0 Å². The molecule has 0 fully saturated rings. The Morgan fingerprint density at radius 3 is 2.83 bits per heavy atom. The predicted molar refractivity (Wildman–Crippen MR) is 86.5 cm³/mol. The molecule has 1 aromatic heterocycles. The molecular weight excluding hydrogens is 328 g/mol. The lowest BCUT2D eigenvalue weighted by Gasteiger charge is -2.22. The van der Waals surface area contributed by atoms with Crippen molar-refractivity contribution >= 4 is 50.2 Å². The lowest BCUT2D eigenvalue weighted by atomic mass is 10.1. The lowest BCUT2D eigenvalue weighted by molar-refractivity contribution is 0.925. The van der Waals surface area contributed by atoms with Crippen molar-refractivity contribution in [2.45, 2.75) is 6.54 Å². The highest BCUT2D eigenvalue weighted by molar-refractivity contribution is 9.10. The third kappa shape index (κ3) is 2.91. The first-order valence-corrected chi connectivity index (χ1v) is 7.54. The summed E-state index contributed by atoms with van der Waals surface area (Å²) in [6, 6.07) is 8.10. The summed E-state index contributed by atoms with van der Waals surface area (Å²) in [4.78, 5) is 2.57. The molecule has 1 heterocycles. The van der Waals surface area contributed by atoms with Crippen molar-refractivity contribution in [3.05, 3.63) is 50.6 Å². The van der Waals surface area contributed by atoms with Gasteiger partial charge in [0.1, 0.15) is 4.99 Å². The number of halogens is 1. The van der Waals surface area contributed by atoms with E-state index >= 15 is 0 Å². The SMILES string of the molecule is CN(Cc1ccsc1)c1cccc(Br)c1C(N)=S. The molecule has 94 valence electrons. The Morgan fingerprint density at radius 1 is 1.44 bits per heavy atom. The number of hydrogen-bond acceptors (Lipinski definition) is 3. The summed E-state index contributed by atoms with van der Waals surface area (Å²) in [6.45, 7) is 0.843. The number of benzene rings is 1. The molecular formula is C13H13BrN2S2. The van der Waals surface area contributed by atoms with Gasteiger partial charge in [0.25, 0.3) is 0 Å². The van der Waals surface area contributed by atoms with Crippen molar-refractivity contribution in [2.24, 2.45) is 5.73 Å². The number of hydrogen-bond donors (Lipinski definition) is 1. The van der Waals surface area contributed by atoms with Crippen molar-refractivity contribution in [1.29, 1.82) is 0 Å². The molecule has 0 unspecified atom stereocenters. The fraction of sp³-hybridized carbons (Fsp3) is 0.154. The molecule has 0 saturated heterocycles. The minimum atomic E-state index is 0.412. The summed E-state index contributed by atoms with van der Waals surface area (Å²) >= 11 is 10.3. The molecule has 0 aliphatic rings. The van der Waals surface area contributed by atoms with Gasteiger partial charge in [-0.05, 0) is 50.5 Å². The zero-order valence-electron chi connectivity index (χ0n) is 9.89. The smallest absolute Gasteiger partial charge is 0.107 e. The number of nitrogens with zero attached hydrogens (tertiary/aromatic N) is 1. The third-order valence-corrected chi connectivity index (χ3v) is 4.25. The van der Waals surface area contributed by atoms with E-state index < -0.39 is 0 Å². The third-order valence-electron chi connectivity index (χ3n) is 2.65. The lowest BCUT2D eigenvalue weighted by Crippen LogP contribution is -2.21. The van der Waals surface area contributed by atoms with Gasteiger partial charge in [0.05, 0.1) is 0 Å². The molecule has 2 rings (SSSR count). The summed E-state index contributed by atoms with van der Waals surface area (Å²) in [5.74, 6) is 0. The highest BCUT2D eigenvalue weighted by atomic mass is 79.9. The topological polar surface area (TPSA) is 29.3 Å². The van der Waals surface area contributed by atoms with E-state index in [4.69, 9.17) is 18.0 Å². The number of thiocarbonyl (C=S) groups is 1. The molecule has 18 heavy (non-hydrogen) atoms. The minimum Gasteiger partial charge on any atom is -0.389 e. The molecule has 5 heteroatoms. The van der Waals surface area contributed by atoms with Gasteiger partial charge in [-0.3, -0.25) is 0 Å². The van der Waals surface area contributed by atoms with Gasteiger partial charge in [0, 0.05) is 29.3 Å². The van der Waals surface area contributed by atoms with Crippen LogP contribution in [0.25, 0.3) is 0 Å². The van der Waals surface area contributed by atoms with E-state index in [0.717, 1.165) is 22.3 Å². The number of anilines is 1. The Kier molecular flexibility index (Phi) is 4.37. The Hall–Kier alpha value is -0.910. The van der Waals surface area contributed by atoms with Crippen LogP contribution in [-0.4, -0.2) is 12.0 Å². The van der Waals surface area contributed by atoms with Crippen LogP contribution < -0.4 is 10.6 Å². The summed E-state index contributed by atoms with van der Waals surface area (Å²) in [6.07, 6.45) is 0. The van der Waals surface area contributed by atoms with Crippen LogP contribution in [-0.2, 0) is 6.54 Å². The average molecular weight is 341 g/mol. The van der Waals surface area contributed by atoms with Gasteiger partial charge >= 0.3 is 0 Å². The van der Waals surface area contributed by atoms with Gasteiger partial charge in [-0.25, -0.2) is 0 Å². The Balaban J connectivity index is 2.32. The van der Waals surface area contributed by atoms with Gasteiger partial charge in [-0.1, -0.05) is 18.3 Å². The monoisotopic (exact) mass is 340 g/mol. The van der Waals surface area contributed by atoms with E-state index in [9.17, 15) is 0 Å². The van der Waals surface area contributed by atoms with Crippen LogP contribution in [0.15, 0.2) is 39.5 Å². The molecule has 0 bridgehead atoms. The van der Waals surface area contributed by atoms with Crippen LogP contribution >= 0.6 is 39.5 Å². The highest BCUT2D eigenvalue weighted by Gasteiger charge is 2.13. The van der Waals surface area contributed by atoms with Gasteiger partial charge in [-0.15, -0.1) is 0 Å². The summed E-state index contributed by atoms with van der Waals surface area (Å²) in [5.41, 5.74) is 9.03. The van der Waals surface area contributed by atoms with Gasteiger partial charge in [0.15, 0.2) is 0 Å². The fourth-order valence-electron chi connectivity index (χ4n) is 1.82. The molecule has 0 saturated carbocycles. The summed E-state index contributed by atoms with van der Waals surface area (Å²) in [5, 5.41) is 4.23. The van der Waals surface area contributed by atoms with E-state index in [0.29, 0.717) is 4.99 Å². The molecule has 2 nitrogen and oxygen atoms in total. The second-order valence-corrected chi connectivity index (χ2v) is 6.06. The van der Waals surface area contributed by atoms with Crippen LogP contribution in [0, 0.1) is 0 Å². The van der Waals surface area contributed by atoms with Crippen molar-refractivity contribution in [1.82, 2.24) is 0 Å². The van der Waals surface area contributed by atoms with Crippen LogP contribution in [0.2, 0.25) is 0 Å².